The summed E-state index contributed by atoms with van der Waals surface area (Å²) in [5.41, 5.74) is 5.51. The van der Waals surface area contributed by atoms with E-state index < -0.39 is 17.6 Å². The molecule has 2 aromatic rings. The molecule has 5 nitrogen and oxygen atoms in total. The molecule has 24 heavy (non-hydrogen) atoms. The molecule has 128 valence electrons. The molecular weight excluding hydrogens is 349 g/mol. The lowest BCUT2D eigenvalue weighted by Crippen LogP contribution is -2.17. The lowest BCUT2D eigenvalue weighted by molar-refractivity contribution is 0.100. The second-order valence-corrected chi connectivity index (χ2v) is 7.85. The monoisotopic (exact) mass is 367 g/mol. The maximum absolute atomic E-state index is 13.7. The Morgan fingerprint density at radius 1 is 1.29 bits per heavy atom. The fourth-order valence-electron chi connectivity index (χ4n) is 1.75. The Hall–Kier alpha value is -1.90. The third-order valence-corrected chi connectivity index (χ3v) is 5.61. The summed E-state index contributed by atoms with van der Waals surface area (Å²) in [7, 11) is 1.93. The van der Waals surface area contributed by atoms with Crippen LogP contribution in [0.2, 0.25) is 0 Å². The van der Waals surface area contributed by atoms with Gasteiger partial charge in [0.05, 0.1) is 15.3 Å². The quantitative estimate of drug-likeness (QED) is 0.765. The van der Waals surface area contributed by atoms with E-state index in [1.807, 2.05) is 25.2 Å². The van der Waals surface area contributed by atoms with Crippen LogP contribution in [0.25, 0.3) is 0 Å². The number of benzene rings is 1. The van der Waals surface area contributed by atoms with Gasteiger partial charge in [-0.05, 0) is 51.0 Å². The highest BCUT2D eigenvalue weighted by Gasteiger charge is 2.19. The van der Waals surface area contributed by atoms with Crippen LogP contribution in [0.1, 0.15) is 34.6 Å². The van der Waals surface area contributed by atoms with Gasteiger partial charge in [-0.15, -0.1) is 11.3 Å². The molecule has 1 aromatic heterocycles. The number of hydrogen-bond acceptors (Lipinski definition) is 5. The van der Waals surface area contributed by atoms with Crippen LogP contribution in [-0.2, 0) is 0 Å². The number of rotatable bonds is 6. The van der Waals surface area contributed by atoms with Crippen molar-refractivity contribution >= 4 is 40.1 Å². The number of hydrogen-bond donors (Lipinski definition) is 2. The van der Waals surface area contributed by atoms with Crippen molar-refractivity contribution in [3.05, 3.63) is 47.3 Å². The average molecular weight is 367 g/mol. The van der Waals surface area contributed by atoms with Crippen molar-refractivity contribution in [1.29, 1.82) is 0 Å². The van der Waals surface area contributed by atoms with Gasteiger partial charge in [0.15, 0.2) is 0 Å². The van der Waals surface area contributed by atoms with E-state index >= 15 is 0 Å². The summed E-state index contributed by atoms with van der Waals surface area (Å²) in [5, 5.41) is 2.89. The molecule has 0 unspecified atom stereocenters. The molecule has 1 aromatic carbocycles. The van der Waals surface area contributed by atoms with E-state index in [9.17, 15) is 14.0 Å². The number of thiophene rings is 1. The van der Waals surface area contributed by atoms with Crippen molar-refractivity contribution in [3.63, 3.8) is 0 Å². The molecule has 0 saturated carbocycles. The Bertz CT molecular complexity index is 762. The molecule has 0 saturated heterocycles. The first-order valence-electron chi connectivity index (χ1n) is 7.20. The minimum absolute atomic E-state index is 0.0881. The minimum atomic E-state index is -0.644. The molecule has 8 heteroatoms. The number of nitrogens with one attached hydrogen (secondary N) is 1. The third-order valence-electron chi connectivity index (χ3n) is 3.28. The third kappa shape index (κ3) is 4.34. The fourth-order valence-corrected chi connectivity index (χ4v) is 3.96. The van der Waals surface area contributed by atoms with E-state index in [2.05, 4.69) is 5.32 Å². The first-order chi connectivity index (χ1) is 11.3. The van der Waals surface area contributed by atoms with Gasteiger partial charge in [-0.1, -0.05) is 12.1 Å². The number of primary amides is 1. The van der Waals surface area contributed by atoms with Gasteiger partial charge in [0.2, 0.25) is 0 Å². The highest BCUT2D eigenvalue weighted by molar-refractivity contribution is 7.99. The van der Waals surface area contributed by atoms with Crippen LogP contribution >= 0.6 is 23.3 Å². The molecule has 1 heterocycles. The normalized spacial score (nSPS) is 11.1. The summed E-state index contributed by atoms with van der Waals surface area (Å²) >= 11 is 2.68. The Morgan fingerprint density at radius 2 is 1.96 bits per heavy atom. The smallest absolute Gasteiger partial charge is 0.259 e. The van der Waals surface area contributed by atoms with Crippen molar-refractivity contribution in [2.75, 3.05) is 12.4 Å². The zero-order valence-electron chi connectivity index (χ0n) is 13.5. The molecule has 0 aliphatic carbocycles. The lowest BCUT2D eigenvalue weighted by Gasteiger charge is -2.18. The molecule has 2 amide bonds. The van der Waals surface area contributed by atoms with E-state index in [0.717, 1.165) is 4.21 Å². The lowest BCUT2D eigenvalue weighted by atomic mass is 10.2. The van der Waals surface area contributed by atoms with Gasteiger partial charge in [-0.2, -0.15) is 0 Å². The summed E-state index contributed by atoms with van der Waals surface area (Å²) in [5.74, 6) is -1.89. The molecule has 0 aliphatic heterocycles. The van der Waals surface area contributed by atoms with Gasteiger partial charge >= 0.3 is 0 Å². The van der Waals surface area contributed by atoms with Gasteiger partial charge < -0.3 is 11.1 Å². The fraction of sp³-hybridized carbons (Fsp3) is 0.250. The number of halogens is 1. The minimum Gasteiger partial charge on any atom is -0.366 e. The van der Waals surface area contributed by atoms with E-state index in [-0.39, 0.29) is 11.1 Å². The molecule has 0 radical (unpaired) electrons. The molecule has 0 bridgehead atoms. The van der Waals surface area contributed by atoms with Crippen molar-refractivity contribution in [3.8, 4) is 0 Å². The Labute approximate surface area is 148 Å². The SMILES string of the molecule is CC(C)N(C)Sc1cc(C(N)=O)c(NC(=O)c2ccccc2F)s1. The van der Waals surface area contributed by atoms with Crippen molar-refractivity contribution in [2.45, 2.75) is 24.1 Å². The Morgan fingerprint density at radius 3 is 2.54 bits per heavy atom. The second-order valence-electron chi connectivity index (χ2n) is 5.34. The summed E-state index contributed by atoms with van der Waals surface area (Å²) in [6, 6.07) is 7.59. The average Bonchev–Trinajstić information content (AvgIpc) is 2.90. The number of nitrogens with zero attached hydrogens (tertiary/aromatic N) is 1. The molecule has 0 aliphatic rings. The molecule has 2 rings (SSSR count). The highest BCUT2D eigenvalue weighted by Crippen LogP contribution is 2.36. The molecule has 0 fully saturated rings. The molecule has 0 atom stereocenters. The molecule has 3 N–H and O–H groups in total. The maximum atomic E-state index is 13.7. The molecule has 0 spiro atoms. The first kappa shape index (κ1) is 18.4. The van der Waals surface area contributed by atoms with Crippen LogP contribution in [0.5, 0.6) is 0 Å². The molecular formula is C16H18FN3O2S2. The summed E-state index contributed by atoms with van der Waals surface area (Å²) in [4.78, 5) is 23.9. The van der Waals surface area contributed by atoms with Gasteiger partial charge in [0.25, 0.3) is 11.8 Å². The Kier molecular flexibility index (Phi) is 5.98. The maximum Gasteiger partial charge on any atom is 0.259 e. The van der Waals surface area contributed by atoms with Gasteiger partial charge in [0.1, 0.15) is 10.8 Å². The van der Waals surface area contributed by atoms with Crippen LogP contribution in [-0.4, -0.2) is 29.2 Å². The van der Waals surface area contributed by atoms with E-state index in [1.54, 1.807) is 12.1 Å². The van der Waals surface area contributed by atoms with Crippen molar-refractivity contribution in [1.82, 2.24) is 4.31 Å². The topological polar surface area (TPSA) is 75.4 Å². The predicted octanol–water partition coefficient (Wildman–Crippen LogP) is 3.59. The zero-order chi connectivity index (χ0) is 17.9. The van der Waals surface area contributed by atoms with Crippen LogP contribution in [0.15, 0.2) is 34.5 Å². The standard InChI is InChI=1S/C16H18FN3O2S2/c1-9(2)20(3)24-13-8-11(14(18)21)16(23-13)19-15(22)10-6-4-5-7-12(10)17/h4-9H,1-3H3,(H2,18,21)(H,19,22). The van der Waals surface area contributed by atoms with Gasteiger partial charge in [-0.3, -0.25) is 9.59 Å². The van der Waals surface area contributed by atoms with E-state index in [1.165, 1.54) is 41.5 Å². The largest absolute Gasteiger partial charge is 0.366 e. The van der Waals surface area contributed by atoms with E-state index in [0.29, 0.717) is 11.0 Å². The van der Waals surface area contributed by atoms with Crippen LogP contribution in [0.3, 0.4) is 0 Å². The number of amides is 2. The van der Waals surface area contributed by atoms with E-state index in [4.69, 9.17) is 5.73 Å². The summed E-state index contributed by atoms with van der Waals surface area (Å²) in [6.07, 6.45) is 0. The summed E-state index contributed by atoms with van der Waals surface area (Å²) < 4.78 is 16.5. The first-order valence-corrected chi connectivity index (χ1v) is 8.79. The predicted molar refractivity (Wildman–Crippen MR) is 95.9 cm³/mol. The second kappa shape index (κ2) is 7.78. The van der Waals surface area contributed by atoms with Crippen LogP contribution < -0.4 is 11.1 Å². The van der Waals surface area contributed by atoms with Crippen molar-refractivity contribution in [2.24, 2.45) is 5.73 Å². The number of anilines is 1. The number of nitrogens with two attached hydrogens (primary N) is 1. The number of carbonyl (C=O) groups is 2. The Balaban J connectivity index is 2.26. The van der Waals surface area contributed by atoms with Gasteiger partial charge in [-0.25, -0.2) is 8.70 Å². The zero-order valence-corrected chi connectivity index (χ0v) is 15.1. The van der Waals surface area contributed by atoms with Crippen LogP contribution in [0.4, 0.5) is 9.39 Å². The van der Waals surface area contributed by atoms with Crippen molar-refractivity contribution < 1.29 is 14.0 Å². The van der Waals surface area contributed by atoms with Gasteiger partial charge in [0, 0.05) is 6.04 Å². The number of carbonyl (C=O) groups excluding carboxylic acids is 2. The van der Waals surface area contributed by atoms with Crippen LogP contribution in [0, 0.1) is 5.82 Å². The highest BCUT2D eigenvalue weighted by atomic mass is 32.2. The summed E-state index contributed by atoms with van der Waals surface area (Å²) in [6.45, 7) is 4.08.